The molecule has 0 saturated carbocycles. The Morgan fingerprint density at radius 3 is 1.44 bits per heavy atom. The van der Waals surface area contributed by atoms with E-state index in [1.54, 1.807) is 35.7 Å². The van der Waals surface area contributed by atoms with Crippen LogP contribution in [0.5, 0.6) is 0 Å². The van der Waals surface area contributed by atoms with Gasteiger partial charge in [-0.2, -0.15) is 5.26 Å². The van der Waals surface area contributed by atoms with E-state index in [2.05, 4.69) is 66.7 Å². The molecular formula is C37H55NS7. The van der Waals surface area contributed by atoms with Gasteiger partial charge in [0.1, 0.15) is 3.53 Å². The summed E-state index contributed by atoms with van der Waals surface area (Å²) in [5.74, 6) is 1.22. The molecule has 0 saturated heterocycles. The zero-order valence-electron chi connectivity index (χ0n) is 28.5. The third kappa shape index (κ3) is 27.3. The Labute approximate surface area is 310 Å². The van der Waals surface area contributed by atoms with Crippen LogP contribution in [0.3, 0.4) is 0 Å². The summed E-state index contributed by atoms with van der Waals surface area (Å²) < 4.78 is 3.01. The molecule has 0 radical (unpaired) electrons. The highest BCUT2D eigenvalue weighted by molar-refractivity contribution is 8.47. The van der Waals surface area contributed by atoms with Gasteiger partial charge in [0.2, 0.25) is 0 Å². The molecule has 2 aromatic rings. The first-order valence-corrected chi connectivity index (χ1v) is 21.2. The fourth-order valence-corrected chi connectivity index (χ4v) is 9.45. The SMILES string of the molecule is CC(C)SC(=S)c1ccc(C#N)cc1.CC(C)SC(=S)c1ccccc1.CCCCCCCCCCCCSC(=S)SC(C)C. The molecule has 45 heavy (non-hydrogen) atoms. The number of hydrogen-bond acceptors (Lipinski definition) is 8. The third-order valence-corrected chi connectivity index (χ3v) is 11.6. The number of rotatable bonds is 16. The third-order valence-electron chi connectivity index (χ3n) is 5.99. The van der Waals surface area contributed by atoms with Crippen LogP contribution in [0, 0.1) is 11.3 Å². The van der Waals surface area contributed by atoms with Gasteiger partial charge in [0.25, 0.3) is 0 Å². The van der Waals surface area contributed by atoms with E-state index in [1.807, 2.05) is 53.9 Å². The van der Waals surface area contributed by atoms with Gasteiger partial charge in [-0.15, -0.1) is 47.0 Å². The summed E-state index contributed by atoms with van der Waals surface area (Å²) in [7, 11) is 0. The van der Waals surface area contributed by atoms with Crippen molar-refractivity contribution in [3.63, 3.8) is 0 Å². The topological polar surface area (TPSA) is 23.8 Å². The summed E-state index contributed by atoms with van der Waals surface area (Å²) in [4.78, 5) is 0. The van der Waals surface area contributed by atoms with Crippen LogP contribution in [0.25, 0.3) is 0 Å². The van der Waals surface area contributed by atoms with Gasteiger partial charge in [-0.3, -0.25) is 0 Å². The van der Waals surface area contributed by atoms with Gasteiger partial charge in [0, 0.05) is 15.7 Å². The van der Waals surface area contributed by atoms with E-state index in [9.17, 15) is 0 Å². The predicted octanol–water partition coefficient (Wildman–Crippen LogP) is 13.9. The Kier molecular flexibility index (Phi) is 29.5. The summed E-state index contributed by atoms with van der Waals surface area (Å²) in [5.41, 5.74) is 2.86. The van der Waals surface area contributed by atoms with Gasteiger partial charge in [0.15, 0.2) is 0 Å². The lowest BCUT2D eigenvalue weighted by atomic mass is 10.1. The van der Waals surface area contributed by atoms with E-state index in [-0.39, 0.29) is 0 Å². The molecule has 0 fully saturated rings. The largest absolute Gasteiger partial charge is 0.192 e. The average Bonchev–Trinajstić information content (AvgIpc) is 3.00. The van der Waals surface area contributed by atoms with Gasteiger partial charge in [0.05, 0.1) is 20.0 Å². The van der Waals surface area contributed by atoms with Crippen molar-refractivity contribution in [3.8, 4) is 6.07 Å². The van der Waals surface area contributed by atoms with Crippen molar-refractivity contribution < 1.29 is 0 Å². The van der Waals surface area contributed by atoms with Gasteiger partial charge in [-0.25, -0.2) is 0 Å². The Morgan fingerprint density at radius 1 is 0.600 bits per heavy atom. The zero-order chi connectivity index (χ0) is 33.9. The maximum atomic E-state index is 8.62. The summed E-state index contributed by atoms with van der Waals surface area (Å²) in [6.07, 6.45) is 14.1. The lowest BCUT2D eigenvalue weighted by molar-refractivity contribution is 0.563. The molecule has 0 amide bonds. The minimum atomic E-state index is 0.498. The van der Waals surface area contributed by atoms with Crippen molar-refractivity contribution in [2.45, 2.75) is 128 Å². The predicted molar refractivity (Wildman–Crippen MR) is 226 cm³/mol. The monoisotopic (exact) mass is 737 g/mol. The molecule has 0 aliphatic heterocycles. The van der Waals surface area contributed by atoms with Crippen LogP contribution in [0.2, 0.25) is 0 Å². The van der Waals surface area contributed by atoms with Crippen molar-refractivity contribution in [1.29, 1.82) is 5.26 Å². The van der Waals surface area contributed by atoms with Crippen LogP contribution in [-0.4, -0.2) is 33.4 Å². The fourth-order valence-electron chi connectivity index (χ4n) is 3.79. The van der Waals surface area contributed by atoms with Gasteiger partial charge in [-0.1, -0.05) is 185 Å². The van der Waals surface area contributed by atoms with E-state index >= 15 is 0 Å². The van der Waals surface area contributed by atoms with E-state index in [1.165, 1.54) is 70.0 Å². The summed E-state index contributed by atoms with van der Waals surface area (Å²) in [5, 5.41) is 10.3. The van der Waals surface area contributed by atoms with E-state index in [0.717, 1.165) is 23.0 Å². The standard InChI is InChI=1S/C16H32S3.C11H11NS2.C10H12S2/c1-4-5-6-7-8-9-10-11-12-13-14-18-16(17)19-15(2)3;1-8(2)14-11(13)10-5-3-9(7-12)4-6-10;1-8(2)12-10(11)9-6-4-3-5-7-9/h15H,4-14H2,1-3H3;3-6,8H,1-2H3;3-8H,1-2H3. The maximum absolute atomic E-state index is 8.62. The van der Waals surface area contributed by atoms with Crippen molar-refractivity contribution in [2.75, 3.05) is 5.75 Å². The zero-order valence-corrected chi connectivity index (χ0v) is 34.2. The van der Waals surface area contributed by atoms with Crippen LogP contribution in [0.15, 0.2) is 54.6 Å². The Balaban J connectivity index is 0.000000663. The number of nitrogens with zero attached hydrogens (tertiary/aromatic N) is 1. The first kappa shape index (κ1) is 44.6. The number of thiocarbonyl (C=S) groups is 3. The molecule has 2 rings (SSSR count). The lowest BCUT2D eigenvalue weighted by Crippen LogP contribution is -1.97. The molecule has 0 heterocycles. The lowest BCUT2D eigenvalue weighted by Gasteiger charge is -2.06. The number of nitriles is 1. The molecule has 0 N–H and O–H groups in total. The van der Waals surface area contributed by atoms with Crippen molar-refractivity contribution in [1.82, 2.24) is 0 Å². The summed E-state index contributed by atoms with van der Waals surface area (Å²) in [6.45, 7) is 15.2. The average molecular weight is 738 g/mol. The maximum Gasteiger partial charge on any atom is 0.104 e. The second-order valence-corrected chi connectivity index (χ2v) is 19.8. The molecule has 0 aliphatic rings. The number of hydrogen-bond donors (Lipinski definition) is 0. The molecule has 0 aromatic heterocycles. The van der Waals surface area contributed by atoms with Gasteiger partial charge >= 0.3 is 0 Å². The minimum Gasteiger partial charge on any atom is -0.192 e. The van der Waals surface area contributed by atoms with Crippen LogP contribution >= 0.6 is 83.7 Å². The fraction of sp³-hybridized carbons (Fsp3) is 0.568. The van der Waals surface area contributed by atoms with E-state index < -0.39 is 0 Å². The second-order valence-electron chi connectivity index (χ2n) is 11.4. The van der Waals surface area contributed by atoms with Crippen LogP contribution < -0.4 is 0 Å². The Hall–Kier alpha value is -0.400. The molecule has 0 unspecified atom stereocenters. The molecule has 8 heteroatoms. The molecule has 250 valence electrons. The molecule has 0 atom stereocenters. The van der Waals surface area contributed by atoms with Crippen LogP contribution in [0.1, 0.15) is 129 Å². The van der Waals surface area contributed by atoms with Crippen LogP contribution in [-0.2, 0) is 0 Å². The highest BCUT2D eigenvalue weighted by Gasteiger charge is 2.05. The quantitative estimate of drug-likeness (QED) is 0.124. The Bertz CT molecular complexity index is 1090. The van der Waals surface area contributed by atoms with Gasteiger partial charge < -0.3 is 0 Å². The molecular weight excluding hydrogens is 683 g/mol. The number of thioether (sulfide) groups is 4. The highest BCUT2D eigenvalue weighted by Crippen LogP contribution is 2.23. The Morgan fingerprint density at radius 2 is 1.02 bits per heavy atom. The summed E-state index contributed by atoms with van der Waals surface area (Å²) >= 11 is 23.0. The molecule has 1 nitrogen and oxygen atoms in total. The highest BCUT2D eigenvalue weighted by atomic mass is 32.2. The van der Waals surface area contributed by atoms with Crippen molar-refractivity contribution >= 4 is 95.6 Å². The van der Waals surface area contributed by atoms with Crippen molar-refractivity contribution in [2.24, 2.45) is 0 Å². The molecule has 0 bridgehead atoms. The van der Waals surface area contributed by atoms with Crippen molar-refractivity contribution in [3.05, 3.63) is 71.3 Å². The molecule has 0 spiro atoms. The minimum absolute atomic E-state index is 0.498. The molecule has 2 aromatic carbocycles. The normalized spacial score (nSPS) is 10.5. The second kappa shape index (κ2) is 29.7. The summed E-state index contributed by atoms with van der Waals surface area (Å²) in [6, 6.07) is 19.6. The number of benzene rings is 2. The van der Waals surface area contributed by atoms with Crippen LogP contribution in [0.4, 0.5) is 0 Å². The first-order valence-electron chi connectivity index (χ1n) is 16.3. The van der Waals surface area contributed by atoms with E-state index in [4.69, 9.17) is 41.9 Å². The smallest absolute Gasteiger partial charge is 0.104 e. The molecule has 0 aliphatic carbocycles. The van der Waals surface area contributed by atoms with Gasteiger partial charge in [-0.05, 0) is 35.4 Å². The number of unbranched alkanes of at least 4 members (excludes halogenated alkanes) is 9. The van der Waals surface area contributed by atoms with E-state index in [0.29, 0.717) is 21.3 Å². The first-order chi connectivity index (χ1) is 21.5.